The molecule has 0 spiro atoms. The molecule has 0 bridgehead atoms. The normalized spacial score (nSPS) is 14.1. The molecule has 1 amide bonds. The fourth-order valence-electron chi connectivity index (χ4n) is 2.74. The Morgan fingerprint density at radius 3 is 2.16 bits per heavy atom. The van der Waals surface area contributed by atoms with Gasteiger partial charge in [0.1, 0.15) is 4.90 Å². The number of hydrogen-bond acceptors (Lipinski definition) is 3. The van der Waals surface area contributed by atoms with E-state index in [0.29, 0.717) is 23.5 Å². The Bertz CT molecular complexity index is 1190. The van der Waals surface area contributed by atoms with Gasteiger partial charge in [0, 0.05) is 31.5 Å². The van der Waals surface area contributed by atoms with E-state index in [2.05, 4.69) is 10.3 Å². The van der Waals surface area contributed by atoms with Crippen LogP contribution in [0.1, 0.15) is 32.1 Å². The van der Waals surface area contributed by atoms with Crippen molar-refractivity contribution in [1.29, 1.82) is 0 Å². The van der Waals surface area contributed by atoms with E-state index in [0.717, 1.165) is 5.56 Å². The summed E-state index contributed by atoms with van der Waals surface area (Å²) >= 11 is 0. The molecular weight excluding hydrogens is 453 g/mol. The summed E-state index contributed by atoms with van der Waals surface area (Å²) in [6.07, 6.45) is 6.17. The van der Waals surface area contributed by atoms with Crippen LogP contribution in [0.4, 0.5) is 19.4 Å². The summed E-state index contributed by atoms with van der Waals surface area (Å²) < 4.78 is 65.3. The van der Waals surface area contributed by atoms with E-state index in [1.54, 1.807) is 48.2 Å². The first-order chi connectivity index (χ1) is 14.7. The minimum absolute atomic E-state index is 0.0678. The predicted octanol–water partition coefficient (Wildman–Crippen LogP) is 5.90. The molecule has 0 aliphatic carbocycles. The first kappa shape index (κ1) is 23.2. The van der Waals surface area contributed by atoms with Gasteiger partial charge in [0.25, 0.3) is 5.91 Å². The zero-order valence-electron chi connectivity index (χ0n) is 16.6. The van der Waals surface area contributed by atoms with Crippen LogP contribution in [0.15, 0.2) is 71.9 Å². The Balaban J connectivity index is 1.58. The maximum Gasteiger partial charge on any atom is 0.310 e. The number of aromatic nitrogens is 2. The number of halogens is 5. The average Bonchev–Trinajstić information content (AvgIpc) is 3.15. The van der Waals surface area contributed by atoms with Gasteiger partial charge in [0.05, 0.1) is 0 Å². The van der Waals surface area contributed by atoms with Gasteiger partial charge in [-0.15, -0.1) is 0 Å². The summed E-state index contributed by atoms with van der Waals surface area (Å²) in [5.74, 6) is -0.664. The molecule has 3 rings (SSSR count). The van der Waals surface area contributed by atoms with Gasteiger partial charge in [-0.3, -0.25) is 9.59 Å². The molecule has 1 N–H and O–H groups in total. The van der Waals surface area contributed by atoms with Gasteiger partial charge >= 0.3 is 10.2 Å². The number of carbonyl (C=O) groups excluding carboxylic acids is 2. The molecule has 5 nitrogen and oxygen atoms in total. The van der Waals surface area contributed by atoms with Crippen molar-refractivity contribution in [3.05, 3.63) is 89.5 Å². The molecule has 0 unspecified atom stereocenters. The molecule has 1 aromatic heterocycles. The van der Waals surface area contributed by atoms with Crippen molar-refractivity contribution in [3.8, 4) is 0 Å². The second kappa shape index (κ2) is 7.59. The van der Waals surface area contributed by atoms with E-state index in [9.17, 15) is 29.0 Å². The molecule has 0 radical (unpaired) electrons. The first-order valence-electron chi connectivity index (χ1n) is 9.14. The van der Waals surface area contributed by atoms with E-state index in [-0.39, 0.29) is 30.0 Å². The number of nitrogens with zero attached hydrogens (tertiary/aromatic N) is 2. The lowest BCUT2D eigenvalue weighted by molar-refractivity contribution is 0.0950. The highest BCUT2D eigenvalue weighted by Crippen LogP contribution is 3.02. The molecule has 2 aromatic carbocycles. The van der Waals surface area contributed by atoms with Crippen LogP contribution in [0.3, 0.4) is 0 Å². The summed E-state index contributed by atoms with van der Waals surface area (Å²) in [6, 6.07) is 8.63. The SMILES string of the molecule is Cn1ccnc1C(=O)/C=C/c1ccc(CNC(=O)c2ccc(S(F)(F)(F)(F)F)cc2)cc1. The van der Waals surface area contributed by atoms with Gasteiger partial charge in [-0.1, -0.05) is 49.8 Å². The molecule has 0 fully saturated rings. The summed E-state index contributed by atoms with van der Waals surface area (Å²) in [5.41, 5.74) is 1.24. The van der Waals surface area contributed by atoms with Crippen LogP contribution in [-0.2, 0) is 13.6 Å². The predicted molar refractivity (Wildman–Crippen MR) is 112 cm³/mol. The molecule has 170 valence electrons. The number of benzene rings is 2. The maximum absolute atomic E-state index is 12.7. The Hall–Kier alpha value is -3.47. The molecule has 0 aliphatic rings. The first-order valence-corrected chi connectivity index (χ1v) is 11.1. The third kappa shape index (κ3) is 5.82. The second-order valence-corrected chi connectivity index (χ2v) is 9.39. The molecule has 1 heterocycles. The summed E-state index contributed by atoms with van der Waals surface area (Å²) in [6.45, 7) is 0.0678. The van der Waals surface area contributed by atoms with Crippen molar-refractivity contribution in [3.63, 3.8) is 0 Å². The van der Waals surface area contributed by atoms with Crippen LogP contribution >= 0.6 is 10.2 Å². The minimum atomic E-state index is -9.77. The van der Waals surface area contributed by atoms with Crippen molar-refractivity contribution in [2.45, 2.75) is 11.4 Å². The summed E-state index contributed by atoms with van der Waals surface area (Å²) in [5, 5.41) is 2.51. The highest BCUT2D eigenvalue weighted by molar-refractivity contribution is 8.45. The average molecular weight is 471 g/mol. The van der Waals surface area contributed by atoms with Gasteiger partial charge < -0.3 is 9.88 Å². The lowest BCUT2D eigenvalue weighted by atomic mass is 10.1. The Labute approximate surface area is 180 Å². The lowest BCUT2D eigenvalue weighted by Crippen LogP contribution is -2.22. The highest BCUT2D eigenvalue weighted by Gasteiger charge is 2.65. The Morgan fingerprint density at radius 1 is 1.00 bits per heavy atom. The number of amides is 1. The Morgan fingerprint density at radius 2 is 1.62 bits per heavy atom. The number of ketones is 1. The molecule has 0 aliphatic heterocycles. The van der Waals surface area contributed by atoms with Gasteiger partial charge in [0.15, 0.2) is 5.82 Å². The van der Waals surface area contributed by atoms with E-state index in [1.807, 2.05) is 0 Å². The van der Waals surface area contributed by atoms with Crippen LogP contribution in [0.5, 0.6) is 0 Å². The zero-order chi connectivity index (χ0) is 23.6. The van der Waals surface area contributed by atoms with Crippen molar-refractivity contribution in [2.75, 3.05) is 0 Å². The number of imidazole rings is 1. The number of allylic oxidation sites excluding steroid dienone is 1. The molecule has 32 heavy (non-hydrogen) atoms. The highest BCUT2D eigenvalue weighted by atomic mass is 32.5. The third-order valence-electron chi connectivity index (χ3n) is 4.46. The quantitative estimate of drug-likeness (QED) is 0.265. The fraction of sp³-hybridized carbons (Fsp3) is 0.0952. The van der Waals surface area contributed by atoms with E-state index >= 15 is 0 Å². The molecule has 0 atom stereocenters. The van der Waals surface area contributed by atoms with Crippen LogP contribution < -0.4 is 5.32 Å². The monoisotopic (exact) mass is 471 g/mol. The fourth-order valence-corrected chi connectivity index (χ4v) is 3.39. The van der Waals surface area contributed by atoms with Crippen molar-refractivity contribution in [1.82, 2.24) is 14.9 Å². The van der Waals surface area contributed by atoms with Gasteiger partial charge in [-0.05, 0) is 41.5 Å². The maximum atomic E-state index is 12.7. The van der Waals surface area contributed by atoms with Crippen LogP contribution in [-0.4, -0.2) is 21.2 Å². The number of rotatable bonds is 7. The number of carbonyl (C=O) groups is 2. The van der Waals surface area contributed by atoms with Gasteiger partial charge in [0.2, 0.25) is 5.78 Å². The lowest BCUT2D eigenvalue weighted by Gasteiger charge is -2.40. The van der Waals surface area contributed by atoms with Crippen molar-refractivity contribution >= 4 is 28.0 Å². The molecule has 0 saturated heterocycles. The molecule has 3 aromatic rings. The Kier molecular flexibility index (Phi) is 5.50. The molecular formula is C21H18F5N3O2S. The van der Waals surface area contributed by atoms with Crippen molar-refractivity contribution in [2.24, 2.45) is 7.05 Å². The second-order valence-electron chi connectivity index (χ2n) is 6.98. The molecule has 11 heteroatoms. The summed E-state index contributed by atoms with van der Waals surface area (Å²) in [7, 11) is -8.06. The standard InChI is InChI=1S/C21H18F5N3O2S/c1-29-13-12-27-20(29)19(30)11-6-15-2-4-16(5-3-15)14-28-21(31)17-7-9-18(10-8-17)32(22,23,24,25)26/h2-13H,14H2,1H3,(H,28,31)/b11-6+. The zero-order valence-corrected chi connectivity index (χ0v) is 17.5. The van der Waals surface area contributed by atoms with Crippen molar-refractivity contribution < 1.29 is 29.0 Å². The summed E-state index contributed by atoms with van der Waals surface area (Å²) in [4.78, 5) is 26.1. The van der Waals surface area contributed by atoms with E-state index in [4.69, 9.17) is 0 Å². The van der Waals surface area contributed by atoms with E-state index in [1.165, 1.54) is 12.3 Å². The van der Waals surface area contributed by atoms with Gasteiger partial charge in [-0.2, -0.15) is 0 Å². The topological polar surface area (TPSA) is 64.0 Å². The largest absolute Gasteiger partial charge is 0.348 e. The van der Waals surface area contributed by atoms with E-state index < -0.39 is 21.0 Å². The number of aryl methyl sites for hydroxylation is 1. The minimum Gasteiger partial charge on any atom is -0.348 e. The molecule has 0 saturated carbocycles. The van der Waals surface area contributed by atoms with Crippen LogP contribution in [0, 0.1) is 0 Å². The third-order valence-corrected chi connectivity index (χ3v) is 5.63. The van der Waals surface area contributed by atoms with Crippen LogP contribution in [0.25, 0.3) is 6.08 Å². The number of hydrogen-bond donors (Lipinski definition) is 1. The smallest absolute Gasteiger partial charge is 0.310 e. The van der Waals surface area contributed by atoms with Crippen LogP contribution in [0.2, 0.25) is 0 Å². The van der Waals surface area contributed by atoms with Gasteiger partial charge in [-0.25, -0.2) is 4.98 Å². The number of nitrogens with one attached hydrogen (secondary N) is 1.